The summed E-state index contributed by atoms with van der Waals surface area (Å²) >= 11 is 0. The van der Waals surface area contributed by atoms with Crippen LogP contribution in [-0.2, 0) is 4.74 Å². The minimum Gasteiger partial charge on any atom is -0.379 e. The summed E-state index contributed by atoms with van der Waals surface area (Å²) in [4.78, 5) is 19.3. The van der Waals surface area contributed by atoms with Gasteiger partial charge in [-0.15, -0.1) is 0 Å². The number of halogens is 1. The molecule has 2 amide bonds. The van der Waals surface area contributed by atoms with Crippen molar-refractivity contribution in [3.8, 4) is 11.4 Å². The summed E-state index contributed by atoms with van der Waals surface area (Å²) in [6, 6.07) is 13.3. The molecule has 4 rings (SSSR count). The largest absolute Gasteiger partial charge is 0.379 e. The molecule has 1 aromatic heterocycles. The monoisotopic (exact) mass is 464 g/mol. The van der Waals surface area contributed by atoms with E-state index in [0.29, 0.717) is 36.9 Å². The van der Waals surface area contributed by atoms with E-state index in [1.165, 1.54) is 12.1 Å². The molecule has 0 saturated carbocycles. The number of carbonyl (C=O) groups excluding carboxylic acids is 1. The molecule has 1 N–H and O–H groups in total. The van der Waals surface area contributed by atoms with Crippen LogP contribution >= 0.6 is 0 Å². The molecule has 2 heterocycles. The predicted molar refractivity (Wildman–Crippen MR) is 127 cm³/mol. The quantitative estimate of drug-likeness (QED) is 0.446. The Morgan fingerprint density at radius 2 is 1.82 bits per heavy atom. The molecule has 0 fully saturated rings. The smallest absolute Gasteiger partial charge is 0.322 e. The van der Waals surface area contributed by atoms with Gasteiger partial charge in [0.15, 0.2) is 0 Å². The van der Waals surface area contributed by atoms with Gasteiger partial charge in [0.2, 0.25) is 5.82 Å². The Morgan fingerprint density at radius 1 is 1.12 bits per heavy atom. The number of amides is 2. The zero-order valence-corrected chi connectivity index (χ0v) is 19.8. The van der Waals surface area contributed by atoms with Crippen molar-refractivity contribution in [1.29, 1.82) is 0 Å². The van der Waals surface area contributed by atoms with E-state index in [9.17, 15) is 9.18 Å². The minimum absolute atomic E-state index is 0.136. The Labute approximate surface area is 198 Å². The van der Waals surface area contributed by atoms with Gasteiger partial charge in [0.25, 0.3) is 5.89 Å². The van der Waals surface area contributed by atoms with Crippen LogP contribution < -0.4 is 5.32 Å². The number of ether oxygens (including phenoxy) is 1. The number of nitrogens with zero attached hydrogens (tertiary/aromatic N) is 3. The summed E-state index contributed by atoms with van der Waals surface area (Å²) in [6.45, 7) is 8.92. The Kier molecular flexibility index (Phi) is 7.07. The minimum atomic E-state index is -0.446. The van der Waals surface area contributed by atoms with E-state index in [0.717, 1.165) is 22.4 Å². The van der Waals surface area contributed by atoms with Gasteiger partial charge in [-0.25, -0.2) is 9.18 Å². The fourth-order valence-corrected chi connectivity index (χ4v) is 3.93. The van der Waals surface area contributed by atoms with E-state index in [-0.39, 0.29) is 18.0 Å². The molecule has 1 aliphatic rings. The molecule has 1 aliphatic heterocycles. The third-order valence-electron chi connectivity index (χ3n) is 5.74. The van der Waals surface area contributed by atoms with E-state index in [1.807, 2.05) is 52.0 Å². The molecule has 3 aromatic rings. The lowest BCUT2D eigenvalue weighted by molar-refractivity contribution is 0.0736. The highest BCUT2D eigenvalue weighted by molar-refractivity contribution is 5.86. The molecule has 0 radical (unpaired) electrons. The molecule has 34 heavy (non-hydrogen) atoms. The Bertz CT molecular complexity index is 1170. The van der Waals surface area contributed by atoms with Gasteiger partial charge in [-0.05, 0) is 63.9 Å². The summed E-state index contributed by atoms with van der Waals surface area (Å²) in [5.41, 5.74) is 4.15. The van der Waals surface area contributed by atoms with Gasteiger partial charge in [-0.3, -0.25) is 4.90 Å². The van der Waals surface area contributed by atoms with Gasteiger partial charge < -0.3 is 14.6 Å². The van der Waals surface area contributed by atoms with Gasteiger partial charge in [0.1, 0.15) is 5.82 Å². The third-order valence-corrected chi connectivity index (χ3v) is 5.74. The van der Waals surface area contributed by atoms with Crippen molar-refractivity contribution in [3.05, 3.63) is 77.1 Å². The molecular formula is C26H29FN4O3. The third kappa shape index (κ3) is 5.17. The number of benzene rings is 2. The van der Waals surface area contributed by atoms with Crippen LogP contribution in [0.25, 0.3) is 17.0 Å². The number of allylic oxidation sites excluding steroid dienone is 1. The molecule has 0 aliphatic carbocycles. The van der Waals surface area contributed by atoms with Crippen molar-refractivity contribution >= 4 is 11.6 Å². The van der Waals surface area contributed by atoms with Crippen molar-refractivity contribution in [2.24, 2.45) is 0 Å². The van der Waals surface area contributed by atoms with Gasteiger partial charge in [0.05, 0.1) is 17.7 Å². The standard InChI is InChI=1S/C26H29FN4O3/c1-16(2)33-15-5-14-31-18(4)22(23(28-26(31)32)19-8-6-17(3)7-9-19)25-29-24(30-34-25)20-10-12-21(27)13-11-20/h6-13,16,23H,5,14-15H2,1-4H3,(H,28,32). The van der Waals surface area contributed by atoms with Gasteiger partial charge in [-0.2, -0.15) is 4.98 Å². The van der Waals surface area contributed by atoms with Crippen LogP contribution in [0.2, 0.25) is 0 Å². The Morgan fingerprint density at radius 3 is 2.50 bits per heavy atom. The number of nitrogens with one attached hydrogen (secondary N) is 1. The zero-order valence-electron chi connectivity index (χ0n) is 19.8. The molecule has 1 unspecified atom stereocenters. The van der Waals surface area contributed by atoms with E-state index in [2.05, 4.69) is 15.5 Å². The maximum atomic E-state index is 13.3. The number of rotatable bonds is 8. The van der Waals surface area contributed by atoms with E-state index >= 15 is 0 Å². The SMILES string of the molecule is CC1=C(c2nc(-c3ccc(F)cc3)no2)C(c2ccc(C)cc2)NC(=O)N1CCCOC(C)C. The first-order valence-corrected chi connectivity index (χ1v) is 11.4. The summed E-state index contributed by atoms with van der Waals surface area (Å²) in [5, 5.41) is 7.21. The first kappa shape index (κ1) is 23.6. The molecule has 0 spiro atoms. The van der Waals surface area contributed by atoms with Gasteiger partial charge >= 0.3 is 6.03 Å². The van der Waals surface area contributed by atoms with Crippen LogP contribution in [0.5, 0.6) is 0 Å². The molecule has 178 valence electrons. The molecule has 8 heteroatoms. The molecular weight excluding hydrogens is 435 g/mol. The molecule has 7 nitrogen and oxygen atoms in total. The highest BCUT2D eigenvalue weighted by atomic mass is 19.1. The second-order valence-corrected chi connectivity index (χ2v) is 8.65. The summed E-state index contributed by atoms with van der Waals surface area (Å²) < 4.78 is 24.6. The Balaban J connectivity index is 1.70. The lowest BCUT2D eigenvalue weighted by Crippen LogP contribution is -2.46. The van der Waals surface area contributed by atoms with Crippen molar-refractivity contribution in [1.82, 2.24) is 20.4 Å². The van der Waals surface area contributed by atoms with Crippen molar-refractivity contribution in [2.45, 2.75) is 46.3 Å². The topological polar surface area (TPSA) is 80.5 Å². The fraction of sp³-hybridized carbons (Fsp3) is 0.346. The normalized spacial score (nSPS) is 16.4. The first-order valence-electron chi connectivity index (χ1n) is 11.4. The number of hydrogen-bond acceptors (Lipinski definition) is 5. The predicted octanol–water partition coefficient (Wildman–Crippen LogP) is 5.50. The van der Waals surface area contributed by atoms with E-state index in [1.54, 1.807) is 17.0 Å². The second-order valence-electron chi connectivity index (χ2n) is 8.65. The molecule has 0 saturated heterocycles. The highest BCUT2D eigenvalue weighted by Crippen LogP contribution is 2.37. The lowest BCUT2D eigenvalue weighted by atomic mass is 9.94. The van der Waals surface area contributed by atoms with Crippen LogP contribution in [0.1, 0.15) is 50.3 Å². The van der Waals surface area contributed by atoms with Crippen molar-refractivity contribution in [2.75, 3.05) is 13.2 Å². The van der Waals surface area contributed by atoms with Crippen molar-refractivity contribution < 1.29 is 18.4 Å². The summed E-state index contributed by atoms with van der Waals surface area (Å²) in [7, 11) is 0. The summed E-state index contributed by atoms with van der Waals surface area (Å²) in [6.07, 6.45) is 0.826. The van der Waals surface area contributed by atoms with Gasteiger partial charge in [0, 0.05) is 24.4 Å². The maximum Gasteiger partial charge on any atom is 0.322 e. The van der Waals surface area contributed by atoms with Crippen LogP contribution in [0.4, 0.5) is 9.18 Å². The molecule has 1 atom stereocenters. The number of aromatic nitrogens is 2. The average Bonchev–Trinajstić information content (AvgIpc) is 3.28. The number of hydrogen-bond donors (Lipinski definition) is 1. The van der Waals surface area contributed by atoms with Crippen LogP contribution in [0, 0.1) is 12.7 Å². The highest BCUT2D eigenvalue weighted by Gasteiger charge is 2.35. The van der Waals surface area contributed by atoms with Gasteiger partial charge in [-0.1, -0.05) is 35.0 Å². The van der Waals surface area contributed by atoms with E-state index < -0.39 is 6.04 Å². The number of carbonyl (C=O) groups is 1. The van der Waals surface area contributed by atoms with Crippen molar-refractivity contribution in [3.63, 3.8) is 0 Å². The number of urea groups is 1. The maximum absolute atomic E-state index is 13.3. The zero-order chi connectivity index (χ0) is 24.2. The van der Waals surface area contributed by atoms with Crippen LogP contribution in [0.3, 0.4) is 0 Å². The van der Waals surface area contributed by atoms with Crippen LogP contribution in [-0.4, -0.2) is 40.3 Å². The average molecular weight is 465 g/mol. The first-order chi connectivity index (χ1) is 16.3. The fourth-order valence-electron chi connectivity index (χ4n) is 3.93. The Hall–Kier alpha value is -3.52. The second kappa shape index (κ2) is 10.2. The van der Waals surface area contributed by atoms with Crippen LogP contribution in [0.15, 0.2) is 58.8 Å². The number of aryl methyl sites for hydroxylation is 1. The molecule has 0 bridgehead atoms. The van der Waals surface area contributed by atoms with E-state index in [4.69, 9.17) is 9.26 Å². The summed E-state index contributed by atoms with van der Waals surface area (Å²) in [5.74, 6) is 0.329. The molecule has 2 aromatic carbocycles. The lowest BCUT2D eigenvalue weighted by Gasteiger charge is -2.35.